The highest BCUT2D eigenvalue weighted by atomic mass is 35.5. The van der Waals surface area contributed by atoms with Crippen LogP contribution in [0.4, 0.5) is 5.69 Å². The Kier molecular flexibility index (Phi) is 4.36. The zero-order valence-electron chi connectivity index (χ0n) is 12.1. The van der Waals surface area contributed by atoms with E-state index in [0.29, 0.717) is 10.8 Å². The van der Waals surface area contributed by atoms with Crippen LogP contribution in [0, 0.1) is 10.1 Å². The number of thioether (sulfide) groups is 1. The van der Waals surface area contributed by atoms with Gasteiger partial charge < -0.3 is 0 Å². The fourth-order valence-corrected chi connectivity index (χ4v) is 2.82. The van der Waals surface area contributed by atoms with E-state index in [9.17, 15) is 10.1 Å². The van der Waals surface area contributed by atoms with E-state index in [0.717, 1.165) is 11.3 Å². The molecule has 0 spiro atoms. The first kappa shape index (κ1) is 15.6. The van der Waals surface area contributed by atoms with Gasteiger partial charge in [0.15, 0.2) is 5.15 Å². The summed E-state index contributed by atoms with van der Waals surface area (Å²) in [6, 6.07) is 16.0. The minimum Gasteiger partial charge on any atom is -0.258 e. The predicted octanol–water partition coefficient (Wildman–Crippen LogP) is 4.82. The number of hydrogen-bond donors (Lipinski definition) is 0. The molecule has 0 radical (unpaired) electrons. The van der Waals surface area contributed by atoms with Crippen LogP contribution in [0.15, 0.2) is 59.5 Å². The van der Waals surface area contributed by atoms with Gasteiger partial charge in [0, 0.05) is 28.7 Å². The summed E-state index contributed by atoms with van der Waals surface area (Å²) >= 11 is 7.73. The summed E-state index contributed by atoms with van der Waals surface area (Å²) in [6.45, 7) is 0. The van der Waals surface area contributed by atoms with Crippen molar-refractivity contribution < 1.29 is 4.92 Å². The van der Waals surface area contributed by atoms with E-state index in [2.05, 4.69) is 5.10 Å². The average Bonchev–Trinajstić information content (AvgIpc) is 2.97. The second-order valence-electron chi connectivity index (χ2n) is 4.77. The van der Waals surface area contributed by atoms with Crippen molar-refractivity contribution in [3.8, 4) is 16.9 Å². The topological polar surface area (TPSA) is 61.0 Å². The van der Waals surface area contributed by atoms with Gasteiger partial charge in [-0.15, -0.1) is 11.8 Å². The Balaban J connectivity index is 2.04. The molecule has 0 aliphatic heterocycles. The third-order valence-corrected chi connectivity index (χ3v) is 4.30. The summed E-state index contributed by atoms with van der Waals surface area (Å²) < 4.78 is 1.68. The van der Waals surface area contributed by atoms with Crippen LogP contribution in [0.5, 0.6) is 0 Å². The number of aromatic nitrogens is 2. The zero-order valence-corrected chi connectivity index (χ0v) is 13.7. The van der Waals surface area contributed by atoms with Crippen molar-refractivity contribution in [2.75, 3.05) is 6.26 Å². The molecular formula is C16H12ClN3O2S. The van der Waals surface area contributed by atoms with Crippen molar-refractivity contribution in [1.82, 2.24) is 9.78 Å². The molecule has 5 nitrogen and oxygen atoms in total. The van der Waals surface area contributed by atoms with Crippen LogP contribution >= 0.6 is 23.4 Å². The molecule has 3 aromatic rings. The largest absolute Gasteiger partial charge is 0.269 e. The molecule has 0 bridgehead atoms. The smallest absolute Gasteiger partial charge is 0.258 e. The highest BCUT2D eigenvalue weighted by Crippen LogP contribution is 2.28. The van der Waals surface area contributed by atoms with Crippen LogP contribution in [0.1, 0.15) is 0 Å². The Morgan fingerprint density at radius 3 is 2.35 bits per heavy atom. The molecule has 7 heteroatoms. The standard InChI is InChI=1S/C16H12ClN3O2S/c1-23-14-8-2-11(3-9-14)15-10-16(17)18-19(15)12-4-6-13(7-5-12)20(21)22/h2-10H,1H3. The summed E-state index contributed by atoms with van der Waals surface area (Å²) in [7, 11) is 0. The molecule has 0 atom stereocenters. The SMILES string of the molecule is CSc1ccc(-c2cc(Cl)nn2-c2ccc([N+](=O)[O-])cc2)cc1. The average molecular weight is 346 g/mol. The number of benzene rings is 2. The van der Waals surface area contributed by atoms with Crippen LogP contribution in [-0.2, 0) is 0 Å². The normalized spacial score (nSPS) is 10.7. The van der Waals surface area contributed by atoms with Crippen molar-refractivity contribution in [3.63, 3.8) is 0 Å². The molecule has 0 aliphatic carbocycles. The first-order valence-electron chi connectivity index (χ1n) is 6.73. The lowest BCUT2D eigenvalue weighted by Crippen LogP contribution is -1.99. The Bertz CT molecular complexity index is 845. The molecule has 23 heavy (non-hydrogen) atoms. The maximum absolute atomic E-state index is 10.8. The van der Waals surface area contributed by atoms with E-state index >= 15 is 0 Å². The van der Waals surface area contributed by atoms with Crippen LogP contribution in [0.3, 0.4) is 0 Å². The molecule has 0 saturated carbocycles. The van der Waals surface area contributed by atoms with Crippen molar-refractivity contribution >= 4 is 29.1 Å². The Morgan fingerprint density at radius 2 is 1.78 bits per heavy atom. The van der Waals surface area contributed by atoms with Crippen LogP contribution in [0.2, 0.25) is 5.15 Å². The van der Waals surface area contributed by atoms with Gasteiger partial charge in [-0.25, -0.2) is 4.68 Å². The first-order valence-corrected chi connectivity index (χ1v) is 8.33. The monoisotopic (exact) mass is 345 g/mol. The second kappa shape index (κ2) is 6.44. The highest BCUT2D eigenvalue weighted by molar-refractivity contribution is 7.98. The van der Waals surface area contributed by atoms with E-state index in [1.54, 1.807) is 34.6 Å². The Morgan fingerprint density at radius 1 is 1.13 bits per heavy atom. The van der Waals surface area contributed by atoms with E-state index in [-0.39, 0.29) is 5.69 Å². The first-order chi connectivity index (χ1) is 11.1. The Hall–Kier alpha value is -2.31. The number of nitrogens with zero attached hydrogens (tertiary/aromatic N) is 3. The van der Waals surface area contributed by atoms with Gasteiger partial charge in [-0.1, -0.05) is 23.7 Å². The minimum absolute atomic E-state index is 0.0397. The molecule has 0 amide bonds. The van der Waals surface area contributed by atoms with Crippen molar-refractivity contribution in [2.45, 2.75) is 4.90 Å². The third kappa shape index (κ3) is 3.23. The number of hydrogen-bond acceptors (Lipinski definition) is 4. The third-order valence-electron chi connectivity index (χ3n) is 3.37. The van der Waals surface area contributed by atoms with Gasteiger partial charge in [0.25, 0.3) is 5.69 Å². The highest BCUT2D eigenvalue weighted by Gasteiger charge is 2.12. The van der Waals surface area contributed by atoms with Gasteiger partial charge >= 0.3 is 0 Å². The molecule has 0 aliphatic rings. The molecule has 0 fully saturated rings. The van der Waals surface area contributed by atoms with E-state index < -0.39 is 4.92 Å². The van der Waals surface area contributed by atoms with Gasteiger partial charge in [0.2, 0.25) is 0 Å². The van der Waals surface area contributed by atoms with Crippen LogP contribution < -0.4 is 0 Å². The maximum atomic E-state index is 10.8. The van der Waals surface area contributed by atoms with Gasteiger partial charge in [0.05, 0.1) is 16.3 Å². The molecule has 1 heterocycles. The van der Waals surface area contributed by atoms with E-state index in [1.165, 1.54) is 17.0 Å². The summed E-state index contributed by atoms with van der Waals surface area (Å²) in [6.07, 6.45) is 2.02. The fourth-order valence-electron chi connectivity index (χ4n) is 2.23. The molecule has 0 unspecified atom stereocenters. The van der Waals surface area contributed by atoms with Gasteiger partial charge in [-0.2, -0.15) is 5.10 Å². The minimum atomic E-state index is -0.429. The molecule has 0 N–H and O–H groups in total. The summed E-state index contributed by atoms with van der Waals surface area (Å²) in [5, 5.41) is 15.4. The lowest BCUT2D eigenvalue weighted by molar-refractivity contribution is -0.384. The van der Waals surface area contributed by atoms with Crippen LogP contribution in [0.25, 0.3) is 16.9 Å². The fraction of sp³-hybridized carbons (Fsp3) is 0.0625. The quantitative estimate of drug-likeness (QED) is 0.386. The molecule has 2 aromatic carbocycles. The van der Waals surface area contributed by atoms with Gasteiger partial charge in [-0.3, -0.25) is 10.1 Å². The van der Waals surface area contributed by atoms with Gasteiger partial charge in [0.1, 0.15) is 0 Å². The maximum Gasteiger partial charge on any atom is 0.269 e. The number of non-ortho nitro benzene ring substituents is 1. The number of rotatable bonds is 4. The molecule has 116 valence electrons. The number of halogens is 1. The van der Waals surface area contributed by atoms with Crippen molar-refractivity contribution in [1.29, 1.82) is 0 Å². The van der Waals surface area contributed by atoms with E-state index in [1.807, 2.05) is 30.5 Å². The zero-order chi connectivity index (χ0) is 16.4. The molecule has 0 saturated heterocycles. The lowest BCUT2D eigenvalue weighted by atomic mass is 10.1. The van der Waals surface area contributed by atoms with Crippen molar-refractivity contribution in [2.24, 2.45) is 0 Å². The lowest BCUT2D eigenvalue weighted by Gasteiger charge is -2.08. The van der Waals surface area contributed by atoms with Crippen LogP contribution in [-0.4, -0.2) is 21.0 Å². The Labute approximate surface area is 142 Å². The van der Waals surface area contributed by atoms with Crippen molar-refractivity contribution in [3.05, 3.63) is 69.9 Å². The molecule has 1 aromatic heterocycles. The summed E-state index contributed by atoms with van der Waals surface area (Å²) in [4.78, 5) is 11.5. The molecular weight excluding hydrogens is 334 g/mol. The number of nitro benzene ring substituents is 1. The van der Waals surface area contributed by atoms with Gasteiger partial charge in [-0.05, 0) is 30.5 Å². The second-order valence-corrected chi connectivity index (χ2v) is 6.03. The van der Waals surface area contributed by atoms with E-state index in [4.69, 9.17) is 11.6 Å². The number of nitro groups is 1. The summed E-state index contributed by atoms with van der Waals surface area (Å²) in [5.74, 6) is 0. The molecule has 3 rings (SSSR count). The predicted molar refractivity (Wildman–Crippen MR) is 92.4 cm³/mol. The summed E-state index contributed by atoms with van der Waals surface area (Å²) in [5.41, 5.74) is 2.56.